The molecular weight excluding hydrogens is 472 g/mol. The van der Waals surface area contributed by atoms with Gasteiger partial charge in [0, 0.05) is 16.3 Å². The second-order valence-electron chi connectivity index (χ2n) is 9.30. The maximum atomic E-state index is 8.95. The molecule has 0 saturated carbocycles. The molecule has 1 heteroatoms. The van der Waals surface area contributed by atoms with Crippen LogP contribution in [-0.2, 0) is 0 Å². The summed E-state index contributed by atoms with van der Waals surface area (Å²) in [5.74, 6) is 0. The smallest absolute Gasteiger partial charge is 0.136 e. The molecule has 8 rings (SSSR count). The molecule has 0 aliphatic carbocycles. The van der Waals surface area contributed by atoms with Gasteiger partial charge in [-0.15, -0.1) is 0 Å². The third kappa shape index (κ3) is 3.34. The first-order valence-corrected chi connectivity index (χ1v) is 12.6. The molecule has 0 unspecified atom stereocenters. The quantitative estimate of drug-likeness (QED) is 0.217. The van der Waals surface area contributed by atoms with Crippen molar-refractivity contribution >= 4 is 43.5 Å². The maximum Gasteiger partial charge on any atom is 0.136 e. The Bertz CT molecular complexity index is 2620. The van der Waals surface area contributed by atoms with E-state index in [0.29, 0.717) is 60.4 Å². The SMILES string of the molecule is [2H]c1c([2H])c([2H])c(-c2ccc3oc4ccccc4c3c2-c2c3ccccc3c(-c3c([2H])c([2H])c([2H])c([2H])c3[2H])c3ccccc23)c([2H])c1[2H]. The molecule has 1 nitrogen and oxygen atoms in total. The Morgan fingerprint density at radius 2 is 0.923 bits per heavy atom. The lowest BCUT2D eigenvalue weighted by molar-refractivity contribution is 0.669. The Balaban J connectivity index is 1.65. The van der Waals surface area contributed by atoms with Crippen LogP contribution in [0.15, 0.2) is 150 Å². The zero-order valence-corrected chi connectivity index (χ0v) is 20.5. The molecule has 7 aromatic carbocycles. The van der Waals surface area contributed by atoms with Crippen LogP contribution in [0.2, 0.25) is 0 Å². The van der Waals surface area contributed by atoms with E-state index in [1.54, 1.807) is 12.1 Å². The standard InChI is InChI=1S/C38H24O/c1-3-13-25(14-4-1)27-23-24-34-37(32-21-11-12-22-33(32)39-34)38(27)36-30-19-9-7-17-28(30)35(26-15-5-2-6-16-26)29-18-8-10-20-31(29)36/h1-24H/i1D,2D,3D,4D,5D,6D,13D,14D,15D,16D. The second kappa shape index (κ2) is 8.72. The van der Waals surface area contributed by atoms with Crippen LogP contribution >= 0.6 is 0 Å². The topological polar surface area (TPSA) is 13.1 Å². The van der Waals surface area contributed by atoms with E-state index in [2.05, 4.69) is 0 Å². The zero-order chi connectivity index (χ0) is 34.5. The van der Waals surface area contributed by atoms with Gasteiger partial charge in [-0.25, -0.2) is 0 Å². The van der Waals surface area contributed by atoms with Crippen molar-refractivity contribution in [2.24, 2.45) is 0 Å². The summed E-state index contributed by atoms with van der Waals surface area (Å²) < 4.78 is 92.3. The monoisotopic (exact) mass is 506 g/mol. The van der Waals surface area contributed by atoms with Crippen molar-refractivity contribution in [3.05, 3.63) is 145 Å². The molecule has 39 heavy (non-hydrogen) atoms. The number of fused-ring (bicyclic) bond motifs is 5. The van der Waals surface area contributed by atoms with Crippen molar-refractivity contribution in [2.75, 3.05) is 0 Å². The number of hydrogen-bond acceptors (Lipinski definition) is 1. The predicted molar refractivity (Wildman–Crippen MR) is 165 cm³/mol. The van der Waals surface area contributed by atoms with Gasteiger partial charge in [-0.05, 0) is 61.5 Å². The fraction of sp³-hybridized carbons (Fsp3) is 0. The fourth-order valence-corrected chi connectivity index (χ4v) is 5.71. The van der Waals surface area contributed by atoms with Crippen molar-refractivity contribution < 1.29 is 18.1 Å². The van der Waals surface area contributed by atoms with Crippen molar-refractivity contribution in [3.8, 4) is 33.4 Å². The van der Waals surface area contributed by atoms with Crippen molar-refractivity contribution in [3.63, 3.8) is 0 Å². The van der Waals surface area contributed by atoms with Gasteiger partial charge in [-0.2, -0.15) is 0 Å². The normalized spacial score (nSPS) is 15.2. The molecule has 0 amide bonds. The summed E-state index contributed by atoms with van der Waals surface area (Å²) >= 11 is 0. The first kappa shape index (κ1) is 14.1. The second-order valence-corrected chi connectivity index (χ2v) is 9.30. The highest BCUT2D eigenvalue weighted by Gasteiger charge is 2.23. The van der Waals surface area contributed by atoms with E-state index in [1.807, 2.05) is 72.8 Å². The number of para-hydroxylation sites is 1. The molecule has 0 spiro atoms. The minimum atomic E-state index is -0.492. The van der Waals surface area contributed by atoms with Gasteiger partial charge in [-0.1, -0.05) is 133 Å². The summed E-state index contributed by atoms with van der Waals surface area (Å²) in [6.07, 6.45) is 0. The van der Waals surface area contributed by atoms with Crippen LogP contribution < -0.4 is 0 Å². The molecule has 182 valence electrons. The molecule has 1 aromatic heterocycles. The van der Waals surface area contributed by atoms with Gasteiger partial charge in [0.1, 0.15) is 11.2 Å². The van der Waals surface area contributed by atoms with Gasteiger partial charge >= 0.3 is 0 Å². The third-order valence-corrected chi connectivity index (χ3v) is 7.24. The zero-order valence-electron chi connectivity index (χ0n) is 30.5. The van der Waals surface area contributed by atoms with Crippen LogP contribution in [0.5, 0.6) is 0 Å². The number of furan rings is 1. The van der Waals surface area contributed by atoms with E-state index < -0.39 is 36.3 Å². The van der Waals surface area contributed by atoms with E-state index >= 15 is 0 Å². The van der Waals surface area contributed by atoms with Crippen LogP contribution in [0.25, 0.3) is 76.9 Å². The predicted octanol–water partition coefficient (Wildman–Crippen LogP) is 10.9. The van der Waals surface area contributed by atoms with E-state index in [4.69, 9.17) is 18.1 Å². The van der Waals surface area contributed by atoms with E-state index in [9.17, 15) is 0 Å². The molecule has 0 radical (unpaired) electrons. The molecular formula is C38H24O. The van der Waals surface area contributed by atoms with Crippen molar-refractivity contribution in [1.29, 1.82) is 0 Å². The largest absolute Gasteiger partial charge is 0.456 e. The summed E-state index contributed by atoms with van der Waals surface area (Å²) in [7, 11) is 0. The minimum Gasteiger partial charge on any atom is -0.456 e. The van der Waals surface area contributed by atoms with E-state index in [0.717, 1.165) is 5.39 Å². The van der Waals surface area contributed by atoms with Crippen LogP contribution in [-0.4, -0.2) is 0 Å². The lowest BCUT2D eigenvalue weighted by Gasteiger charge is -2.20. The van der Waals surface area contributed by atoms with E-state index in [1.165, 1.54) is 0 Å². The third-order valence-electron chi connectivity index (χ3n) is 7.24. The molecule has 0 bridgehead atoms. The minimum absolute atomic E-state index is 0.0380. The Labute approximate surface area is 240 Å². The van der Waals surface area contributed by atoms with Gasteiger partial charge in [0.2, 0.25) is 0 Å². The van der Waals surface area contributed by atoms with Crippen molar-refractivity contribution in [2.45, 2.75) is 0 Å². The number of hydrogen-bond donors (Lipinski definition) is 0. The Hall–Kier alpha value is -5.14. The van der Waals surface area contributed by atoms with E-state index in [-0.39, 0.29) is 35.3 Å². The molecule has 0 fully saturated rings. The Morgan fingerprint density at radius 1 is 0.410 bits per heavy atom. The fourth-order valence-electron chi connectivity index (χ4n) is 5.71. The number of benzene rings is 7. The summed E-state index contributed by atoms with van der Waals surface area (Å²) in [6, 6.07) is 21.7. The highest BCUT2D eigenvalue weighted by Crippen LogP contribution is 2.49. The van der Waals surface area contributed by atoms with Gasteiger partial charge in [-0.3, -0.25) is 0 Å². The van der Waals surface area contributed by atoms with Gasteiger partial charge in [0.05, 0.1) is 13.7 Å². The molecule has 0 saturated heterocycles. The highest BCUT2D eigenvalue weighted by atomic mass is 16.3. The summed E-state index contributed by atoms with van der Waals surface area (Å²) in [6.45, 7) is 0. The highest BCUT2D eigenvalue weighted by molar-refractivity contribution is 6.27. The van der Waals surface area contributed by atoms with Gasteiger partial charge in [0.25, 0.3) is 0 Å². The molecule has 0 aliphatic heterocycles. The average Bonchev–Trinajstić information content (AvgIpc) is 3.50. The first-order chi connectivity index (χ1) is 23.5. The molecule has 1 heterocycles. The molecule has 8 aromatic rings. The number of rotatable bonds is 3. The van der Waals surface area contributed by atoms with Crippen LogP contribution in [0.4, 0.5) is 0 Å². The van der Waals surface area contributed by atoms with Crippen LogP contribution in [0.3, 0.4) is 0 Å². The van der Waals surface area contributed by atoms with Gasteiger partial charge in [0.15, 0.2) is 0 Å². The molecule has 0 aliphatic rings. The summed E-state index contributed by atoms with van der Waals surface area (Å²) in [4.78, 5) is 0. The molecule has 0 atom stereocenters. The molecule has 0 N–H and O–H groups in total. The van der Waals surface area contributed by atoms with Crippen LogP contribution in [0.1, 0.15) is 13.7 Å². The van der Waals surface area contributed by atoms with Gasteiger partial charge < -0.3 is 4.42 Å². The summed E-state index contributed by atoms with van der Waals surface area (Å²) in [5.41, 5.74) is 3.40. The van der Waals surface area contributed by atoms with Crippen LogP contribution in [0, 0.1) is 0 Å². The maximum absolute atomic E-state index is 8.95. The lowest BCUT2D eigenvalue weighted by atomic mass is 9.82. The lowest BCUT2D eigenvalue weighted by Crippen LogP contribution is -1.93. The van der Waals surface area contributed by atoms with Crippen molar-refractivity contribution in [1.82, 2.24) is 0 Å². The first-order valence-electron chi connectivity index (χ1n) is 17.6. The Kier molecular flexibility index (Phi) is 3.16. The summed E-state index contributed by atoms with van der Waals surface area (Å²) in [5, 5.41) is 4.04. The average molecular weight is 507 g/mol. The Morgan fingerprint density at radius 3 is 1.54 bits per heavy atom.